The highest BCUT2D eigenvalue weighted by Crippen LogP contribution is 2.46. The van der Waals surface area contributed by atoms with Crippen LogP contribution in [0.4, 0.5) is 0 Å². The highest BCUT2D eigenvalue weighted by molar-refractivity contribution is 6.09. The molecule has 1 heteroatoms. The first kappa shape index (κ1) is 25.8. The molecule has 8 rings (SSSR count). The average Bonchev–Trinajstić information content (AvgIpc) is 3.38. The molecule has 1 nitrogen and oxygen atoms in total. The zero-order chi connectivity index (χ0) is 29.0. The first-order valence-corrected chi connectivity index (χ1v) is 15.5. The summed E-state index contributed by atoms with van der Waals surface area (Å²) in [6.07, 6.45) is 2.14. The number of para-hydroxylation sites is 1. The largest absolute Gasteiger partial charge is 0.309 e. The summed E-state index contributed by atoms with van der Waals surface area (Å²) < 4.78 is 2.47. The lowest BCUT2D eigenvalue weighted by Gasteiger charge is -2.36. The van der Waals surface area contributed by atoms with Crippen LogP contribution in [0, 0.1) is 0 Å². The van der Waals surface area contributed by atoms with E-state index in [0.717, 1.165) is 12.8 Å². The Morgan fingerprint density at radius 2 is 1.21 bits per heavy atom. The third-order valence-electron chi connectivity index (χ3n) is 9.72. The van der Waals surface area contributed by atoms with Crippen LogP contribution in [0.1, 0.15) is 54.0 Å². The molecule has 208 valence electrons. The van der Waals surface area contributed by atoms with Crippen molar-refractivity contribution in [3.05, 3.63) is 173 Å². The highest BCUT2D eigenvalue weighted by Gasteiger charge is 2.34. The number of nitrogens with zero attached hydrogens (tertiary/aromatic N) is 1. The van der Waals surface area contributed by atoms with E-state index >= 15 is 0 Å². The molecule has 0 saturated heterocycles. The fourth-order valence-electron chi connectivity index (χ4n) is 7.56. The second kappa shape index (κ2) is 10.1. The van der Waals surface area contributed by atoms with Gasteiger partial charge in [0, 0.05) is 27.8 Å². The van der Waals surface area contributed by atoms with E-state index in [1.807, 2.05) is 0 Å². The minimum absolute atomic E-state index is 0.147. The van der Waals surface area contributed by atoms with Crippen LogP contribution in [-0.2, 0) is 11.8 Å². The lowest BCUT2D eigenvalue weighted by Crippen LogP contribution is -2.26. The predicted octanol–water partition coefficient (Wildman–Crippen LogP) is 10.9. The smallest absolute Gasteiger partial charge is 0.0544 e. The van der Waals surface area contributed by atoms with Gasteiger partial charge < -0.3 is 4.57 Å². The Labute approximate surface area is 254 Å². The Balaban J connectivity index is 1.34. The lowest BCUT2D eigenvalue weighted by atomic mass is 9.68. The van der Waals surface area contributed by atoms with E-state index in [2.05, 4.69) is 164 Å². The van der Waals surface area contributed by atoms with E-state index in [9.17, 15) is 0 Å². The number of benzene rings is 6. The van der Waals surface area contributed by atoms with E-state index in [-0.39, 0.29) is 5.41 Å². The molecule has 0 bridgehead atoms. The van der Waals surface area contributed by atoms with Gasteiger partial charge in [-0.1, -0.05) is 129 Å². The van der Waals surface area contributed by atoms with Crippen molar-refractivity contribution in [2.24, 2.45) is 0 Å². The fourth-order valence-corrected chi connectivity index (χ4v) is 7.56. The molecule has 43 heavy (non-hydrogen) atoms. The van der Waals surface area contributed by atoms with Gasteiger partial charge in [-0.15, -0.1) is 0 Å². The average molecular weight is 554 g/mol. The van der Waals surface area contributed by atoms with Gasteiger partial charge in [0.15, 0.2) is 0 Å². The van der Waals surface area contributed by atoms with Gasteiger partial charge in [0.2, 0.25) is 0 Å². The molecule has 6 aromatic carbocycles. The van der Waals surface area contributed by atoms with Crippen molar-refractivity contribution in [2.45, 2.75) is 38.0 Å². The lowest BCUT2D eigenvalue weighted by molar-refractivity contribution is 0.583. The van der Waals surface area contributed by atoms with Crippen LogP contribution in [0.2, 0.25) is 0 Å². The van der Waals surface area contributed by atoms with Gasteiger partial charge in [-0.3, -0.25) is 0 Å². The van der Waals surface area contributed by atoms with Gasteiger partial charge in [-0.2, -0.15) is 0 Å². The molecule has 0 spiro atoms. The maximum Gasteiger partial charge on any atom is 0.0544 e. The first-order valence-electron chi connectivity index (χ1n) is 15.5. The molecule has 0 radical (unpaired) electrons. The summed E-state index contributed by atoms with van der Waals surface area (Å²) in [5.74, 6) is 0.380. The first-order chi connectivity index (χ1) is 21.1. The van der Waals surface area contributed by atoms with Gasteiger partial charge in [0.25, 0.3) is 0 Å². The van der Waals surface area contributed by atoms with Crippen LogP contribution in [0.25, 0.3) is 38.6 Å². The molecule has 1 aromatic heterocycles. The number of aromatic nitrogens is 1. The van der Waals surface area contributed by atoms with E-state index in [0.29, 0.717) is 5.92 Å². The molecule has 1 atom stereocenters. The Morgan fingerprint density at radius 1 is 0.558 bits per heavy atom. The van der Waals surface area contributed by atoms with Crippen molar-refractivity contribution >= 4 is 21.8 Å². The predicted molar refractivity (Wildman–Crippen MR) is 181 cm³/mol. The van der Waals surface area contributed by atoms with Crippen molar-refractivity contribution in [3.63, 3.8) is 0 Å². The summed E-state index contributed by atoms with van der Waals surface area (Å²) in [5, 5.41) is 2.65. The van der Waals surface area contributed by atoms with Gasteiger partial charge in [0.05, 0.1) is 11.0 Å². The normalized spacial score (nSPS) is 15.9. The summed E-state index contributed by atoms with van der Waals surface area (Å²) in [5.41, 5.74) is 13.3. The standard InChI is InChI=1S/C42H35N/c1-42(2)38-19-11-9-17-35(38)34(31-15-7-4-8-16-31)26-23-32-27-37-36-18-10-12-20-40(36)43(41(37)28-39(32)42)33-24-21-30(22-25-33)29-13-5-3-6-14-29/h3-22,24-25,27-28,34H,23,26H2,1-2H3. The van der Waals surface area contributed by atoms with Gasteiger partial charge >= 0.3 is 0 Å². The van der Waals surface area contributed by atoms with Crippen molar-refractivity contribution in [1.29, 1.82) is 0 Å². The summed E-state index contributed by atoms with van der Waals surface area (Å²) in [4.78, 5) is 0. The zero-order valence-corrected chi connectivity index (χ0v) is 24.8. The van der Waals surface area contributed by atoms with E-state index < -0.39 is 0 Å². The molecule has 1 aliphatic carbocycles. The zero-order valence-electron chi connectivity index (χ0n) is 24.8. The molecule has 1 heterocycles. The van der Waals surface area contributed by atoms with Crippen molar-refractivity contribution in [1.82, 2.24) is 4.57 Å². The third kappa shape index (κ3) is 4.22. The number of aryl methyl sites for hydroxylation is 1. The second-order valence-corrected chi connectivity index (χ2v) is 12.5. The maximum atomic E-state index is 2.51. The van der Waals surface area contributed by atoms with Gasteiger partial charge in [-0.05, 0) is 82.1 Å². The van der Waals surface area contributed by atoms with E-state index in [1.54, 1.807) is 0 Å². The number of rotatable bonds is 3. The quantitative estimate of drug-likeness (QED) is 0.205. The fraction of sp³-hybridized carbons (Fsp3) is 0.143. The molecule has 7 aromatic rings. The molecule has 1 aliphatic rings. The molecule has 0 N–H and O–H groups in total. The van der Waals surface area contributed by atoms with Crippen LogP contribution < -0.4 is 0 Å². The summed E-state index contributed by atoms with van der Waals surface area (Å²) in [7, 11) is 0. The van der Waals surface area contributed by atoms with Crippen molar-refractivity contribution in [2.75, 3.05) is 0 Å². The number of hydrogen-bond acceptors (Lipinski definition) is 0. The van der Waals surface area contributed by atoms with Crippen LogP contribution in [-0.4, -0.2) is 4.57 Å². The third-order valence-corrected chi connectivity index (χ3v) is 9.72. The summed E-state index contributed by atoms with van der Waals surface area (Å²) >= 11 is 0. The maximum absolute atomic E-state index is 2.51. The van der Waals surface area contributed by atoms with Crippen LogP contribution >= 0.6 is 0 Å². The monoisotopic (exact) mass is 553 g/mol. The molecular formula is C42H35N. The molecule has 0 fully saturated rings. The van der Waals surface area contributed by atoms with E-state index in [4.69, 9.17) is 0 Å². The Bertz CT molecular complexity index is 2080. The van der Waals surface area contributed by atoms with Crippen LogP contribution in [0.5, 0.6) is 0 Å². The summed E-state index contributed by atoms with van der Waals surface area (Å²) in [6, 6.07) is 53.8. The Morgan fingerprint density at radius 3 is 2.00 bits per heavy atom. The second-order valence-electron chi connectivity index (χ2n) is 12.5. The molecule has 0 amide bonds. The minimum Gasteiger partial charge on any atom is -0.309 e. The minimum atomic E-state index is -0.147. The molecule has 0 aliphatic heterocycles. The molecular weight excluding hydrogens is 518 g/mol. The van der Waals surface area contributed by atoms with Gasteiger partial charge in [-0.25, -0.2) is 0 Å². The Hall–Kier alpha value is -4.88. The van der Waals surface area contributed by atoms with Crippen LogP contribution in [0.15, 0.2) is 146 Å². The van der Waals surface area contributed by atoms with Crippen LogP contribution in [0.3, 0.4) is 0 Å². The molecule has 0 saturated carbocycles. The van der Waals surface area contributed by atoms with Crippen molar-refractivity contribution in [3.8, 4) is 16.8 Å². The number of hydrogen-bond donors (Lipinski definition) is 0. The topological polar surface area (TPSA) is 4.93 Å². The highest BCUT2D eigenvalue weighted by atomic mass is 15.0. The van der Waals surface area contributed by atoms with Crippen molar-refractivity contribution < 1.29 is 0 Å². The number of fused-ring (bicyclic) bond motifs is 5. The Kier molecular flexibility index (Phi) is 6.08. The molecule has 1 unspecified atom stereocenters. The summed E-state index contributed by atoms with van der Waals surface area (Å²) in [6.45, 7) is 4.84. The van der Waals surface area contributed by atoms with E-state index in [1.165, 1.54) is 66.4 Å². The van der Waals surface area contributed by atoms with Gasteiger partial charge in [0.1, 0.15) is 0 Å². The SMILES string of the molecule is CC1(C)c2cc3c(cc2CCC(c2ccccc2)c2ccccc21)c1ccccc1n3-c1ccc(-c2ccccc2)cc1.